The summed E-state index contributed by atoms with van der Waals surface area (Å²) < 4.78 is 0. The molecule has 0 aliphatic rings. The van der Waals surface area contributed by atoms with Gasteiger partial charge in [-0.25, -0.2) is 4.98 Å². The Morgan fingerprint density at radius 1 is 1.07 bits per heavy atom. The Morgan fingerprint density at radius 3 is 2.22 bits per heavy atom. The highest BCUT2D eigenvalue weighted by Gasteiger charge is 2.20. The van der Waals surface area contributed by atoms with E-state index in [1.165, 1.54) is 6.20 Å². The van der Waals surface area contributed by atoms with Gasteiger partial charge in [0.25, 0.3) is 5.91 Å². The van der Waals surface area contributed by atoms with Crippen molar-refractivity contribution in [1.82, 2.24) is 9.97 Å². The minimum atomic E-state index is -1.09. The van der Waals surface area contributed by atoms with Crippen LogP contribution in [-0.2, 0) is 9.59 Å². The minimum absolute atomic E-state index is 0.0167. The molecule has 3 amide bonds. The number of hydrogen-bond donors (Lipinski definition) is 5. The van der Waals surface area contributed by atoms with E-state index in [2.05, 4.69) is 20.6 Å². The largest absolute Gasteiger partial charge is 0.370 e. The van der Waals surface area contributed by atoms with Gasteiger partial charge in [-0.1, -0.05) is 6.07 Å². The van der Waals surface area contributed by atoms with E-state index in [1.807, 2.05) is 32.0 Å². The van der Waals surface area contributed by atoms with Gasteiger partial charge in [0.15, 0.2) is 0 Å². The Kier molecular flexibility index (Phi) is 5.91. The Hall–Kier alpha value is -3.69. The van der Waals surface area contributed by atoms with Crippen molar-refractivity contribution in [3.05, 3.63) is 41.1 Å². The molecule has 0 fully saturated rings. The predicted molar refractivity (Wildman–Crippen MR) is 100 cm³/mol. The van der Waals surface area contributed by atoms with Gasteiger partial charge in [-0.2, -0.15) is 4.98 Å². The smallest absolute Gasteiger partial charge is 0.254 e. The lowest BCUT2D eigenvalue weighted by molar-refractivity contribution is -0.123. The number of primary amides is 3. The SMILES string of the molecule is Cc1cc(C)cc(Nc2nc(N[C@@H](CC(N)=O)C(N)=O)ncc2C(N)=O)c1. The molecule has 0 radical (unpaired) electrons. The molecule has 0 spiro atoms. The summed E-state index contributed by atoms with van der Waals surface area (Å²) in [6, 6.07) is 4.64. The highest BCUT2D eigenvalue weighted by atomic mass is 16.2. The second kappa shape index (κ2) is 8.13. The third-order valence-electron chi connectivity index (χ3n) is 3.59. The second-order valence-electron chi connectivity index (χ2n) is 6.09. The molecule has 142 valence electrons. The third-order valence-corrected chi connectivity index (χ3v) is 3.59. The molecule has 2 rings (SSSR count). The lowest BCUT2D eigenvalue weighted by atomic mass is 10.1. The lowest BCUT2D eigenvalue weighted by Crippen LogP contribution is -2.39. The van der Waals surface area contributed by atoms with Crippen LogP contribution in [0.2, 0.25) is 0 Å². The maximum absolute atomic E-state index is 11.7. The Bertz CT molecular complexity index is 878. The summed E-state index contributed by atoms with van der Waals surface area (Å²) in [5.74, 6) is -2.10. The summed E-state index contributed by atoms with van der Waals surface area (Å²) in [4.78, 5) is 42.4. The number of aryl methyl sites for hydroxylation is 2. The van der Waals surface area contributed by atoms with Crippen molar-refractivity contribution in [3.63, 3.8) is 0 Å². The van der Waals surface area contributed by atoms with Gasteiger partial charge < -0.3 is 27.8 Å². The number of nitrogens with two attached hydrogens (primary N) is 3. The van der Waals surface area contributed by atoms with Crippen molar-refractivity contribution >= 4 is 35.2 Å². The highest BCUT2D eigenvalue weighted by Crippen LogP contribution is 2.22. The van der Waals surface area contributed by atoms with Crippen LogP contribution in [0.5, 0.6) is 0 Å². The molecule has 0 bridgehead atoms. The van der Waals surface area contributed by atoms with Gasteiger partial charge in [0, 0.05) is 11.9 Å². The van der Waals surface area contributed by atoms with Crippen molar-refractivity contribution in [2.24, 2.45) is 17.2 Å². The van der Waals surface area contributed by atoms with Crippen molar-refractivity contribution in [1.29, 1.82) is 0 Å². The first-order valence-corrected chi connectivity index (χ1v) is 8.02. The number of nitrogens with zero attached hydrogens (tertiary/aromatic N) is 2. The molecule has 1 aromatic heterocycles. The fourth-order valence-corrected chi connectivity index (χ4v) is 2.49. The number of benzene rings is 1. The van der Waals surface area contributed by atoms with Gasteiger partial charge in [0.1, 0.15) is 17.4 Å². The number of amides is 3. The molecule has 8 N–H and O–H groups in total. The van der Waals surface area contributed by atoms with Gasteiger partial charge >= 0.3 is 0 Å². The zero-order valence-electron chi connectivity index (χ0n) is 14.9. The topological polar surface area (TPSA) is 179 Å². The zero-order chi connectivity index (χ0) is 20.1. The third kappa shape index (κ3) is 5.39. The molecule has 0 saturated carbocycles. The van der Waals surface area contributed by atoms with Gasteiger partial charge in [-0.3, -0.25) is 14.4 Å². The second-order valence-corrected chi connectivity index (χ2v) is 6.09. The molecular formula is C17H21N7O3. The van der Waals surface area contributed by atoms with Crippen LogP contribution in [0.15, 0.2) is 24.4 Å². The molecule has 27 heavy (non-hydrogen) atoms. The summed E-state index contributed by atoms with van der Waals surface area (Å²) in [5.41, 5.74) is 18.5. The van der Waals surface area contributed by atoms with Crippen molar-refractivity contribution in [3.8, 4) is 0 Å². The monoisotopic (exact) mass is 371 g/mol. The van der Waals surface area contributed by atoms with Crippen LogP contribution in [0, 0.1) is 13.8 Å². The van der Waals surface area contributed by atoms with Crippen molar-refractivity contribution in [2.75, 3.05) is 10.6 Å². The van der Waals surface area contributed by atoms with Crippen LogP contribution in [0.4, 0.5) is 17.5 Å². The fraction of sp³-hybridized carbons (Fsp3) is 0.235. The molecule has 0 aliphatic heterocycles. The molecule has 10 heteroatoms. The average Bonchev–Trinajstić information content (AvgIpc) is 2.52. The predicted octanol–water partition coefficient (Wildman–Crippen LogP) is 0.0771. The van der Waals surface area contributed by atoms with E-state index in [0.717, 1.165) is 11.1 Å². The number of hydrogen-bond acceptors (Lipinski definition) is 7. The summed E-state index contributed by atoms with van der Waals surface area (Å²) in [5, 5.41) is 5.65. The van der Waals surface area contributed by atoms with E-state index in [1.54, 1.807) is 0 Å². The summed E-state index contributed by atoms with van der Waals surface area (Å²) in [6.07, 6.45) is 0.890. The summed E-state index contributed by atoms with van der Waals surface area (Å²) >= 11 is 0. The number of carbonyl (C=O) groups excluding carboxylic acids is 3. The van der Waals surface area contributed by atoms with Crippen LogP contribution in [0.25, 0.3) is 0 Å². The minimum Gasteiger partial charge on any atom is -0.370 e. The molecule has 2 aromatic rings. The van der Waals surface area contributed by atoms with E-state index >= 15 is 0 Å². The molecule has 0 unspecified atom stereocenters. The van der Waals surface area contributed by atoms with E-state index in [9.17, 15) is 14.4 Å². The van der Waals surface area contributed by atoms with E-state index < -0.39 is 23.8 Å². The van der Waals surface area contributed by atoms with Crippen LogP contribution >= 0.6 is 0 Å². The van der Waals surface area contributed by atoms with Crippen LogP contribution < -0.4 is 27.8 Å². The first-order chi connectivity index (χ1) is 12.7. The lowest BCUT2D eigenvalue weighted by Gasteiger charge is -2.16. The first kappa shape index (κ1) is 19.6. The number of aromatic nitrogens is 2. The molecular weight excluding hydrogens is 350 g/mol. The average molecular weight is 371 g/mol. The van der Waals surface area contributed by atoms with Crippen LogP contribution in [0.1, 0.15) is 27.9 Å². The van der Waals surface area contributed by atoms with Crippen molar-refractivity contribution in [2.45, 2.75) is 26.3 Å². The number of rotatable bonds is 8. The quantitative estimate of drug-likeness (QED) is 0.435. The van der Waals surface area contributed by atoms with Crippen molar-refractivity contribution < 1.29 is 14.4 Å². The molecule has 1 heterocycles. The molecule has 0 aliphatic carbocycles. The number of anilines is 3. The van der Waals surface area contributed by atoms with Crippen LogP contribution in [0.3, 0.4) is 0 Å². The summed E-state index contributed by atoms with van der Waals surface area (Å²) in [6.45, 7) is 3.86. The molecule has 1 aromatic carbocycles. The van der Waals surface area contributed by atoms with Gasteiger partial charge in [0.05, 0.1) is 6.42 Å². The number of nitrogens with one attached hydrogen (secondary N) is 2. The van der Waals surface area contributed by atoms with Gasteiger partial charge in [-0.05, 0) is 37.1 Å². The highest BCUT2D eigenvalue weighted by molar-refractivity contribution is 5.98. The molecule has 1 atom stereocenters. The van der Waals surface area contributed by atoms with Crippen LogP contribution in [-0.4, -0.2) is 33.7 Å². The fourth-order valence-electron chi connectivity index (χ4n) is 2.49. The standard InChI is InChI=1S/C17H21N7O3/c1-8-3-9(2)5-10(4-8)22-16-11(14(19)26)7-21-17(24-16)23-12(15(20)27)6-13(18)25/h3-5,7,12H,6H2,1-2H3,(H2,18,25)(H2,19,26)(H2,20,27)(H2,21,22,23,24)/t12-/m0/s1. The normalized spacial score (nSPS) is 11.5. The summed E-state index contributed by atoms with van der Waals surface area (Å²) in [7, 11) is 0. The van der Waals surface area contributed by atoms with E-state index in [4.69, 9.17) is 17.2 Å². The van der Waals surface area contributed by atoms with E-state index in [0.29, 0.717) is 5.69 Å². The molecule has 0 saturated heterocycles. The maximum atomic E-state index is 11.7. The zero-order valence-corrected chi connectivity index (χ0v) is 14.9. The van der Waals surface area contributed by atoms with E-state index in [-0.39, 0.29) is 23.8 Å². The Morgan fingerprint density at radius 2 is 1.70 bits per heavy atom. The molecule has 10 nitrogen and oxygen atoms in total. The van der Waals surface area contributed by atoms with Gasteiger partial charge in [0.2, 0.25) is 17.8 Å². The Labute approximate surface area is 155 Å². The Balaban J connectivity index is 2.37. The number of carbonyl (C=O) groups is 3. The van der Waals surface area contributed by atoms with Gasteiger partial charge in [-0.15, -0.1) is 0 Å². The first-order valence-electron chi connectivity index (χ1n) is 8.02. The maximum Gasteiger partial charge on any atom is 0.254 e.